The minimum Gasteiger partial charge on any atom is -0.512 e. The van der Waals surface area contributed by atoms with Crippen molar-refractivity contribution < 1.29 is 5.11 Å². The van der Waals surface area contributed by atoms with Gasteiger partial charge in [-0.2, -0.15) is 0 Å². The lowest BCUT2D eigenvalue weighted by Crippen LogP contribution is -2.04. The van der Waals surface area contributed by atoms with Crippen LogP contribution in [-0.2, 0) is 13.0 Å². The first-order valence-electron chi connectivity index (χ1n) is 5.47. The van der Waals surface area contributed by atoms with E-state index in [2.05, 4.69) is 0 Å². The molecule has 0 bridgehead atoms. The highest BCUT2D eigenvalue weighted by Crippen LogP contribution is 2.28. The van der Waals surface area contributed by atoms with E-state index in [-0.39, 0.29) is 0 Å². The van der Waals surface area contributed by atoms with Crippen molar-refractivity contribution in [2.75, 3.05) is 0 Å². The van der Waals surface area contributed by atoms with E-state index in [4.69, 9.17) is 5.73 Å². The molecule has 3 N–H and O–H groups in total. The van der Waals surface area contributed by atoms with Crippen LogP contribution in [-0.4, -0.2) is 5.11 Å². The molecule has 0 saturated heterocycles. The van der Waals surface area contributed by atoms with Gasteiger partial charge in [-0.15, -0.1) is 0 Å². The Balaban J connectivity index is 2.04. The Hall–Kier alpha value is -1.28. The molecule has 0 atom stereocenters. The Morgan fingerprint density at radius 3 is 2.20 bits per heavy atom. The van der Waals surface area contributed by atoms with Crippen molar-refractivity contribution in [2.24, 2.45) is 5.73 Å². The number of hydrogen-bond acceptors (Lipinski definition) is 2. The van der Waals surface area contributed by atoms with Crippen LogP contribution in [0.15, 0.2) is 35.6 Å². The summed E-state index contributed by atoms with van der Waals surface area (Å²) in [5, 5.41) is 9.80. The van der Waals surface area contributed by atoms with Crippen LogP contribution in [0.3, 0.4) is 0 Å². The molecule has 0 amide bonds. The molecule has 15 heavy (non-hydrogen) atoms. The zero-order valence-corrected chi connectivity index (χ0v) is 8.87. The standard InChI is InChI=1S/C13H17NO/c14-9-11-6-4-10(5-7-11)8-13(15)12-2-1-3-12/h4-7,15H,1-3,8-9,14H2. The van der Waals surface area contributed by atoms with Gasteiger partial charge in [0.2, 0.25) is 0 Å². The van der Waals surface area contributed by atoms with Crippen molar-refractivity contribution in [3.05, 3.63) is 46.7 Å². The van der Waals surface area contributed by atoms with Crippen molar-refractivity contribution in [1.29, 1.82) is 0 Å². The van der Waals surface area contributed by atoms with Gasteiger partial charge in [0.05, 0.1) is 5.76 Å². The summed E-state index contributed by atoms with van der Waals surface area (Å²) in [6.07, 6.45) is 4.05. The van der Waals surface area contributed by atoms with Crippen molar-refractivity contribution in [3.8, 4) is 0 Å². The molecule has 0 aliphatic heterocycles. The number of hydrogen-bond donors (Lipinski definition) is 2. The second kappa shape index (κ2) is 4.49. The second-order valence-electron chi connectivity index (χ2n) is 4.10. The van der Waals surface area contributed by atoms with Gasteiger partial charge in [-0.05, 0) is 36.0 Å². The predicted octanol–water partition coefficient (Wildman–Crippen LogP) is 2.68. The van der Waals surface area contributed by atoms with Crippen LogP contribution in [0.2, 0.25) is 0 Å². The molecule has 0 aromatic heterocycles. The van der Waals surface area contributed by atoms with Crippen molar-refractivity contribution >= 4 is 0 Å². The molecule has 2 rings (SSSR count). The second-order valence-corrected chi connectivity index (χ2v) is 4.10. The molecule has 2 nitrogen and oxygen atoms in total. The quantitative estimate of drug-likeness (QED) is 0.742. The molecule has 1 aliphatic rings. The monoisotopic (exact) mass is 203 g/mol. The summed E-state index contributed by atoms with van der Waals surface area (Å²) in [4.78, 5) is 0. The Bertz CT molecular complexity index is 359. The SMILES string of the molecule is NCc1ccc(CC(O)=C2CCC2)cc1. The van der Waals surface area contributed by atoms with Gasteiger partial charge in [-0.25, -0.2) is 0 Å². The molecule has 0 heterocycles. The van der Waals surface area contributed by atoms with Crippen molar-refractivity contribution in [2.45, 2.75) is 32.2 Å². The molecule has 80 valence electrons. The molecular weight excluding hydrogens is 186 g/mol. The zero-order chi connectivity index (χ0) is 10.7. The molecule has 2 heteroatoms. The molecule has 1 aliphatic carbocycles. The third kappa shape index (κ3) is 2.39. The summed E-state index contributed by atoms with van der Waals surface area (Å²) in [5.74, 6) is 0.571. The van der Waals surface area contributed by atoms with Gasteiger partial charge in [-0.3, -0.25) is 0 Å². The first kappa shape index (κ1) is 10.2. The fraction of sp³-hybridized carbons (Fsp3) is 0.385. The fourth-order valence-corrected chi connectivity index (χ4v) is 1.75. The minimum atomic E-state index is 0.571. The van der Waals surface area contributed by atoms with Gasteiger partial charge < -0.3 is 10.8 Å². The molecule has 1 aromatic rings. The van der Waals surface area contributed by atoms with E-state index in [0.29, 0.717) is 18.7 Å². The number of allylic oxidation sites excluding steroid dienone is 2. The molecular formula is C13H17NO. The summed E-state index contributed by atoms with van der Waals surface area (Å²) in [5.41, 5.74) is 9.05. The lowest BCUT2D eigenvalue weighted by atomic mass is 9.89. The maximum Gasteiger partial charge on any atom is 0.0958 e. The summed E-state index contributed by atoms with van der Waals surface area (Å²) in [7, 11) is 0. The van der Waals surface area contributed by atoms with E-state index >= 15 is 0 Å². The summed E-state index contributed by atoms with van der Waals surface area (Å²) >= 11 is 0. The lowest BCUT2D eigenvalue weighted by Gasteiger charge is -2.18. The third-order valence-corrected chi connectivity index (χ3v) is 3.00. The number of nitrogens with two attached hydrogens (primary N) is 1. The highest BCUT2D eigenvalue weighted by Gasteiger charge is 2.13. The Morgan fingerprint density at radius 1 is 1.13 bits per heavy atom. The van der Waals surface area contributed by atoms with Crippen LogP contribution in [0, 0.1) is 0 Å². The molecule has 0 radical (unpaired) electrons. The van der Waals surface area contributed by atoms with E-state index in [1.165, 1.54) is 12.0 Å². The van der Waals surface area contributed by atoms with Crippen LogP contribution >= 0.6 is 0 Å². The highest BCUT2D eigenvalue weighted by molar-refractivity contribution is 5.27. The van der Waals surface area contributed by atoms with Gasteiger partial charge in [0, 0.05) is 13.0 Å². The van der Waals surface area contributed by atoms with E-state index in [1.807, 2.05) is 24.3 Å². The number of benzene rings is 1. The van der Waals surface area contributed by atoms with Crippen molar-refractivity contribution in [1.82, 2.24) is 0 Å². The summed E-state index contributed by atoms with van der Waals surface area (Å²) in [6.45, 7) is 0.577. The first-order chi connectivity index (χ1) is 7.29. The van der Waals surface area contributed by atoms with Crippen LogP contribution in [0.4, 0.5) is 0 Å². The molecule has 0 unspecified atom stereocenters. The van der Waals surface area contributed by atoms with Crippen LogP contribution < -0.4 is 5.73 Å². The van der Waals surface area contributed by atoms with Crippen LogP contribution in [0.5, 0.6) is 0 Å². The average molecular weight is 203 g/mol. The summed E-state index contributed by atoms with van der Waals surface area (Å²) < 4.78 is 0. The van der Waals surface area contributed by atoms with Gasteiger partial charge in [0.25, 0.3) is 0 Å². The molecule has 0 spiro atoms. The third-order valence-electron chi connectivity index (χ3n) is 3.00. The predicted molar refractivity (Wildman–Crippen MR) is 61.5 cm³/mol. The van der Waals surface area contributed by atoms with Gasteiger partial charge in [0.15, 0.2) is 0 Å². The van der Waals surface area contributed by atoms with Gasteiger partial charge in [0.1, 0.15) is 0 Å². The maximum atomic E-state index is 9.80. The first-order valence-corrected chi connectivity index (χ1v) is 5.47. The number of aliphatic hydroxyl groups is 1. The molecule has 1 aromatic carbocycles. The Kier molecular flexibility index (Phi) is 3.07. The lowest BCUT2D eigenvalue weighted by molar-refractivity contribution is 0.374. The largest absolute Gasteiger partial charge is 0.512 e. The molecule has 1 fully saturated rings. The van der Waals surface area contributed by atoms with Gasteiger partial charge >= 0.3 is 0 Å². The average Bonchev–Trinajstić information content (AvgIpc) is 2.16. The number of rotatable bonds is 3. The maximum absolute atomic E-state index is 9.80. The Morgan fingerprint density at radius 2 is 1.73 bits per heavy atom. The smallest absolute Gasteiger partial charge is 0.0958 e. The highest BCUT2D eigenvalue weighted by atomic mass is 16.3. The minimum absolute atomic E-state index is 0.571. The summed E-state index contributed by atoms with van der Waals surface area (Å²) in [6, 6.07) is 8.12. The van der Waals surface area contributed by atoms with E-state index in [0.717, 1.165) is 24.0 Å². The van der Waals surface area contributed by atoms with E-state index in [1.54, 1.807) is 0 Å². The zero-order valence-electron chi connectivity index (χ0n) is 8.87. The normalized spacial score (nSPS) is 14.9. The Labute approximate surface area is 90.4 Å². The topological polar surface area (TPSA) is 46.2 Å². The van der Waals surface area contributed by atoms with Gasteiger partial charge in [-0.1, -0.05) is 24.3 Å². The number of aliphatic hydroxyl groups excluding tert-OH is 1. The van der Waals surface area contributed by atoms with Crippen molar-refractivity contribution in [3.63, 3.8) is 0 Å². The van der Waals surface area contributed by atoms with E-state index in [9.17, 15) is 5.11 Å². The molecule has 1 saturated carbocycles. The van der Waals surface area contributed by atoms with E-state index < -0.39 is 0 Å². The van der Waals surface area contributed by atoms with Crippen LogP contribution in [0.25, 0.3) is 0 Å². The van der Waals surface area contributed by atoms with Crippen LogP contribution in [0.1, 0.15) is 30.4 Å². The fourth-order valence-electron chi connectivity index (χ4n) is 1.75.